The molecule has 13 N–H and O–H groups in total. The number of rotatable bonds is 11. The van der Waals surface area contributed by atoms with Crippen LogP contribution in [-0.4, -0.2) is 204 Å². The Hall–Kier alpha value is -1.28. The van der Waals surface area contributed by atoms with Crippen molar-refractivity contribution in [3.05, 3.63) is 23.3 Å². The van der Waals surface area contributed by atoms with Crippen molar-refractivity contribution in [1.82, 2.24) is 0 Å². The average Bonchev–Trinajstić information content (AvgIpc) is 3.30. The van der Waals surface area contributed by atoms with Crippen molar-refractivity contribution in [2.75, 3.05) is 33.0 Å². The highest BCUT2D eigenvalue weighted by molar-refractivity contribution is 5.47. The van der Waals surface area contributed by atoms with Gasteiger partial charge in [-0.2, -0.15) is 0 Å². The molecule has 0 radical (unpaired) electrons. The van der Waals surface area contributed by atoms with Crippen LogP contribution in [0.3, 0.4) is 0 Å². The number of hydrogen-bond donors (Lipinski definition) is 13. The molecular weight excluding hydrogens is 881 g/mol. The SMILES string of the molecule is CC1OC(OC2C(COC3OC(CO)C(O)C(O)C3O)OC(OC3CCC4(C)C(CCC5(C)C4C=CC4=C6CC(C)(CO)CCC6(CO)C(O)CC45C)C3(C)CO)C(O)C2O)C(O)C(O)C1O. The van der Waals surface area contributed by atoms with Crippen LogP contribution in [0.1, 0.15) is 92.9 Å². The van der Waals surface area contributed by atoms with Crippen molar-refractivity contribution in [1.29, 1.82) is 0 Å². The van der Waals surface area contributed by atoms with Crippen LogP contribution >= 0.6 is 0 Å². The zero-order valence-electron chi connectivity index (χ0n) is 39.6. The van der Waals surface area contributed by atoms with Crippen LogP contribution in [-0.2, 0) is 28.4 Å². The van der Waals surface area contributed by atoms with E-state index in [1.54, 1.807) is 0 Å². The van der Waals surface area contributed by atoms with Crippen LogP contribution in [0.4, 0.5) is 0 Å². The summed E-state index contributed by atoms with van der Waals surface area (Å²) >= 11 is 0. The smallest absolute Gasteiger partial charge is 0.187 e. The molecule has 6 fully saturated rings. The molecule has 3 aliphatic heterocycles. The maximum Gasteiger partial charge on any atom is 0.187 e. The second-order valence-electron chi connectivity index (χ2n) is 22.9. The Bertz CT molecular complexity index is 1840. The number of aliphatic hydroxyl groups excluding tert-OH is 13. The van der Waals surface area contributed by atoms with E-state index in [1.165, 1.54) is 6.92 Å². The van der Waals surface area contributed by atoms with E-state index >= 15 is 0 Å². The second-order valence-corrected chi connectivity index (χ2v) is 22.9. The van der Waals surface area contributed by atoms with Gasteiger partial charge in [-0.05, 0) is 91.9 Å². The first kappa shape index (κ1) is 52.1. The maximum absolute atomic E-state index is 12.1. The zero-order chi connectivity index (χ0) is 49.0. The molecule has 67 heavy (non-hydrogen) atoms. The molecule has 19 heteroatoms. The molecule has 3 saturated carbocycles. The predicted molar refractivity (Wildman–Crippen MR) is 233 cm³/mol. The Morgan fingerprint density at radius 2 is 1.28 bits per heavy atom. The highest BCUT2D eigenvalue weighted by Crippen LogP contribution is 2.74. The minimum atomic E-state index is -1.83. The number of hydrogen-bond acceptors (Lipinski definition) is 19. The Morgan fingerprint density at radius 1 is 0.642 bits per heavy atom. The molecule has 25 atom stereocenters. The van der Waals surface area contributed by atoms with Crippen LogP contribution in [0, 0.1) is 44.3 Å². The first-order valence-corrected chi connectivity index (χ1v) is 24.3. The lowest BCUT2D eigenvalue weighted by Gasteiger charge is -2.70. The third kappa shape index (κ3) is 8.06. The van der Waals surface area contributed by atoms with Gasteiger partial charge in [0.25, 0.3) is 0 Å². The van der Waals surface area contributed by atoms with Crippen LogP contribution < -0.4 is 0 Å². The van der Waals surface area contributed by atoms with Gasteiger partial charge in [-0.25, -0.2) is 0 Å². The lowest BCUT2D eigenvalue weighted by Crippen LogP contribution is -2.67. The molecule has 8 aliphatic rings. The van der Waals surface area contributed by atoms with Gasteiger partial charge in [0.2, 0.25) is 0 Å². The minimum Gasteiger partial charge on any atom is -0.396 e. The van der Waals surface area contributed by atoms with Crippen molar-refractivity contribution in [3.8, 4) is 0 Å². The third-order valence-corrected chi connectivity index (χ3v) is 19.2. The average molecular weight is 959 g/mol. The normalized spacial score (nSPS) is 55.6. The summed E-state index contributed by atoms with van der Waals surface area (Å²) in [4.78, 5) is 0. The van der Waals surface area contributed by atoms with Crippen molar-refractivity contribution in [2.24, 2.45) is 44.3 Å². The number of ether oxygens (including phenoxy) is 6. The first-order chi connectivity index (χ1) is 31.4. The van der Waals surface area contributed by atoms with Crippen molar-refractivity contribution in [2.45, 2.75) is 197 Å². The highest BCUT2D eigenvalue weighted by atomic mass is 16.8. The molecule has 8 rings (SSSR count). The van der Waals surface area contributed by atoms with Gasteiger partial charge in [0.15, 0.2) is 18.9 Å². The largest absolute Gasteiger partial charge is 0.396 e. The van der Waals surface area contributed by atoms with Crippen molar-refractivity contribution < 1.29 is 94.8 Å². The van der Waals surface area contributed by atoms with Gasteiger partial charge in [-0.1, -0.05) is 52.3 Å². The second kappa shape index (κ2) is 18.6. The van der Waals surface area contributed by atoms with Crippen molar-refractivity contribution >= 4 is 0 Å². The summed E-state index contributed by atoms with van der Waals surface area (Å²) in [7, 11) is 0. The number of allylic oxidation sites excluding steroid dienone is 3. The Morgan fingerprint density at radius 3 is 1.94 bits per heavy atom. The third-order valence-electron chi connectivity index (χ3n) is 19.2. The van der Waals surface area contributed by atoms with Crippen LogP contribution in [0.2, 0.25) is 0 Å². The monoisotopic (exact) mass is 959 g/mol. The van der Waals surface area contributed by atoms with Gasteiger partial charge in [0.05, 0.1) is 44.7 Å². The van der Waals surface area contributed by atoms with Gasteiger partial charge in [-0.3, -0.25) is 0 Å². The molecule has 19 nitrogen and oxygen atoms in total. The summed E-state index contributed by atoms with van der Waals surface area (Å²) in [5.41, 5.74) is -1.05. The molecule has 0 bridgehead atoms. The number of aliphatic hydroxyl groups is 13. The minimum absolute atomic E-state index is 0.00136. The molecule has 0 amide bonds. The summed E-state index contributed by atoms with van der Waals surface area (Å²) in [6.07, 6.45) is -16.1. The summed E-state index contributed by atoms with van der Waals surface area (Å²) in [5.74, 6) is -0.121. The highest BCUT2D eigenvalue weighted by Gasteiger charge is 2.69. The molecule has 0 aromatic rings. The number of fused-ring (bicyclic) bond motifs is 6. The van der Waals surface area contributed by atoms with Crippen LogP contribution in [0.15, 0.2) is 23.3 Å². The zero-order valence-corrected chi connectivity index (χ0v) is 39.6. The fourth-order valence-electron chi connectivity index (χ4n) is 14.5. The quantitative estimate of drug-likeness (QED) is 0.105. The molecule has 0 spiro atoms. The van der Waals surface area contributed by atoms with E-state index in [1.807, 2.05) is 6.92 Å². The van der Waals surface area contributed by atoms with E-state index in [2.05, 4.69) is 39.8 Å². The van der Waals surface area contributed by atoms with E-state index in [0.717, 1.165) is 17.6 Å². The van der Waals surface area contributed by atoms with E-state index in [9.17, 15) is 66.4 Å². The van der Waals surface area contributed by atoms with E-state index in [0.29, 0.717) is 44.9 Å². The molecule has 0 aromatic carbocycles. The lowest BCUT2D eigenvalue weighted by molar-refractivity contribution is -0.374. The Kier molecular flexibility index (Phi) is 14.5. The predicted octanol–water partition coefficient (Wildman–Crippen LogP) is -1.52. The van der Waals surface area contributed by atoms with Gasteiger partial charge in [0, 0.05) is 22.9 Å². The molecule has 3 heterocycles. The topological polar surface area (TPSA) is 318 Å². The standard InChI is InChI=1S/C48H78O19/c1-22-31(54)33(56)37(60)41(63-22)67-39-26(18-62-40-36(59)34(57)32(55)25(17-49)64-40)65-42(38(61)35(39)58)66-30-10-11-44(3)27(45(30,4)20-51)9-12-46(5)28(44)8-7-23-24-15-43(2,19-50)13-14-48(24,21-52)29(53)16-47(23,46)6/h7-8,22,25-42,49-61H,9-21H2,1-6H3. The molecule has 0 aromatic heterocycles. The van der Waals surface area contributed by atoms with Gasteiger partial charge in [-0.15, -0.1) is 0 Å². The summed E-state index contributed by atoms with van der Waals surface area (Å²) in [5, 5.41) is 141. The van der Waals surface area contributed by atoms with Crippen molar-refractivity contribution in [3.63, 3.8) is 0 Å². The van der Waals surface area contributed by atoms with Crippen LogP contribution in [0.25, 0.3) is 0 Å². The van der Waals surface area contributed by atoms with Gasteiger partial charge < -0.3 is 94.8 Å². The Balaban J connectivity index is 1.06. The molecule has 5 aliphatic carbocycles. The fraction of sp³-hybridized carbons (Fsp3) is 0.917. The fourth-order valence-corrected chi connectivity index (χ4v) is 14.5. The molecule has 384 valence electrons. The summed E-state index contributed by atoms with van der Waals surface area (Å²) < 4.78 is 36.0. The molecule has 3 saturated heterocycles. The summed E-state index contributed by atoms with van der Waals surface area (Å²) in [6, 6.07) is 0. The summed E-state index contributed by atoms with van der Waals surface area (Å²) in [6.45, 7) is 10.5. The Labute approximate surface area is 391 Å². The van der Waals surface area contributed by atoms with Gasteiger partial charge >= 0.3 is 0 Å². The molecular formula is C48H78O19. The van der Waals surface area contributed by atoms with Gasteiger partial charge in [0.1, 0.15) is 67.1 Å². The maximum atomic E-state index is 12.1. The lowest BCUT2D eigenvalue weighted by atomic mass is 9.35. The van der Waals surface area contributed by atoms with E-state index in [-0.39, 0.29) is 47.9 Å². The first-order valence-electron chi connectivity index (χ1n) is 24.3. The van der Waals surface area contributed by atoms with E-state index in [4.69, 9.17) is 28.4 Å². The molecule has 25 unspecified atom stereocenters. The van der Waals surface area contributed by atoms with E-state index < -0.39 is 134 Å². The van der Waals surface area contributed by atoms with Crippen LogP contribution in [0.5, 0.6) is 0 Å².